The van der Waals surface area contributed by atoms with Crippen LogP contribution in [-0.4, -0.2) is 25.0 Å². The average Bonchev–Trinajstić information content (AvgIpc) is 3.43. The molecule has 0 bridgehead atoms. The van der Waals surface area contributed by atoms with Gasteiger partial charge in [-0.1, -0.05) is 18.2 Å². The number of rotatable bonds is 3. The molecule has 0 saturated heterocycles. The SMILES string of the molecule is O=C(Nc1ccc2c(c1)CCN2C(=O)c1ccoc1)C1=Cc2ccccc2OC1. The maximum Gasteiger partial charge on any atom is 0.261 e. The minimum Gasteiger partial charge on any atom is -0.488 e. The number of furan rings is 1. The van der Waals surface area contributed by atoms with E-state index in [1.807, 2.05) is 48.5 Å². The van der Waals surface area contributed by atoms with Crippen molar-refractivity contribution in [1.29, 1.82) is 0 Å². The quantitative estimate of drug-likeness (QED) is 0.741. The molecule has 0 atom stereocenters. The summed E-state index contributed by atoms with van der Waals surface area (Å²) in [5.74, 6) is 0.505. The molecule has 0 aliphatic carbocycles. The molecule has 2 aromatic carbocycles. The van der Waals surface area contributed by atoms with E-state index in [4.69, 9.17) is 9.15 Å². The molecule has 3 aromatic rings. The summed E-state index contributed by atoms with van der Waals surface area (Å²) in [6, 6.07) is 14.9. The molecule has 29 heavy (non-hydrogen) atoms. The number of nitrogens with zero attached hydrogens (tertiary/aromatic N) is 1. The Balaban J connectivity index is 1.33. The minimum atomic E-state index is -0.191. The van der Waals surface area contributed by atoms with Crippen molar-refractivity contribution in [2.75, 3.05) is 23.4 Å². The second-order valence-electron chi connectivity index (χ2n) is 7.01. The molecule has 5 rings (SSSR count). The Hall–Kier alpha value is -3.80. The van der Waals surface area contributed by atoms with Gasteiger partial charge in [-0.2, -0.15) is 0 Å². The summed E-state index contributed by atoms with van der Waals surface area (Å²) in [6.07, 6.45) is 5.53. The van der Waals surface area contributed by atoms with Crippen LogP contribution in [-0.2, 0) is 11.2 Å². The highest BCUT2D eigenvalue weighted by molar-refractivity contribution is 6.09. The van der Waals surface area contributed by atoms with Crippen LogP contribution in [0.2, 0.25) is 0 Å². The normalized spacial score (nSPS) is 14.5. The summed E-state index contributed by atoms with van der Waals surface area (Å²) in [7, 11) is 0. The van der Waals surface area contributed by atoms with Gasteiger partial charge in [0, 0.05) is 23.5 Å². The number of anilines is 2. The zero-order valence-electron chi connectivity index (χ0n) is 15.6. The monoisotopic (exact) mass is 386 g/mol. The molecule has 1 aromatic heterocycles. The Bertz CT molecular complexity index is 1130. The minimum absolute atomic E-state index is 0.0857. The van der Waals surface area contributed by atoms with Crippen molar-refractivity contribution in [3.63, 3.8) is 0 Å². The molecule has 6 heteroatoms. The number of fused-ring (bicyclic) bond motifs is 2. The number of nitrogens with one attached hydrogen (secondary N) is 1. The molecule has 0 saturated carbocycles. The first kappa shape index (κ1) is 17.3. The van der Waals surface area contributed by atoms with Crippen LogP contribution >= 0.6 is 0 Å². The number of amides is 2. The van der Waals surface area contributed by atoms with Gasteiger partial charge in [0.25, 0.3) is 11.8 Å². The second kappa shape index (κ2) is 6.98. The van der Waals surface area contributed by atoms with Crippen LogP contribution in [0.4, 0.5) is 11.4 Å². The predicted octanol–water partition coefficient (Wildman–Crippen LogP) is 3.90. The predicted molar refractivity (Wildman–Crippen MR) is 109 cm³/mol. The van der Waals surface area contributed by atoms with E-state index >= 15 is 0 Å². The highest BCUT2D eigenvalue weighted by atomic mass is 16.5. The van der Waals surface area contributed by atoms with Gasteiger partial charge in [0.1, 0.15) is 18.6 Å². The van der Waals surface area contributed by atoms with E-state index < -0.39 is 0 Å². The van der Waals surface area contributed by atoms with Crippen molar-refractivity contribution < 1.29 is 18.7 Å². The van der Waals surface area contributed by atoms with Gasteiger partial charge < -0.3 is 19.4 Å². The van der Waals surface area contributed by atoms with Gasteiger partial charge in [0.05, 0.1) is 17.4 Å². The van der Waals surface area contributed by atoms with Crippen molar-refractivity contribution in [3.8, 4) is 5.75 Å². The van der Waals surface area contributed by atoms with E-state index in [0.717, 1.165) is 29.0 Å². The van der Waals surface area contributed by atoms with Crippen LogP contribution in [0, 0.1) is 0 Å². The molecular weight excluding hydrogens is 368 g/mol. The fraction of sp³-hybridized carbons (Fsp3) is 0.130. The number of carbonyl (C=O) groups is 2. The van der Waals surface area contributed by atoms with Crippen LogP contribution in [0.25, 0.3) is 6.08 Å². The number of hydrogen-bond acceptors (Lipinski definition) is 4. The van der Waals surface area contributed by atoms with Crippen molar-refractivity contribution >= 4 is 29.3 Å². The van der Waals surface area contributed by atoms with Gasteiger partial charge >= 0.3 is 0 Å². The molecule has 2 aliphatic rings. The lowest BCUT2D eigenvalue weighted by atomic mass is 10.1. The molecular formula is C23H18N2O4. The standard InChI is InChI=1S/C23H18N2O4/c26-22(18-11-16-3-1-2-4-21(16)29-14-18)24-19-5-6-20-15(12-19)7-9-25(20)23(27)17-8-10-28-13-17/h1-6,8,10-13H,7,9,14H2,(H,24,26). The lowest BCUT2D eigenvalue weighted by molar-refractivity contribution is -0.113. The maximum atomic E-state index is 12.7. The van der Waals surface area contributed by atoms with Crippen LogP contribution in [0.5, 0.6) is 5.75 Å². The summed E-state index contributed by atoms with van der Waals surface area (Å²) in [5.41, 5.74) is 4.58. The topological polar surface area (TPSA) is 71.8 Å². The van der Waals surface area contributed by atoms with E-state index in [1.54, 1.807) is 11.0 Å². The molecule has 1 N–H and O–H groups in total. The lowest BCUT2D eigenvalue weighted by Crippen LogP contribution is -2.28. The molecule has 6 nitrogen and oxygen atoms in total. The summed E-state index contributed by atoms with van der Waals surface area (Å²) < 4.78 is 10.7. The van der Waals surface area contributed by atoms with Gasteiger partial charge in [0.2, 0.25) is 0 Å². The van der Waals surface area contributed by atoms with Crippen LogP contribution in [0.3, 0.4) is 0 Å². The summed E-state index contributed by atoms with van der Waals surface area (Å²) in [4.78, 5) is 27.0. The summed E-state index contributed by atoms with van der Waals surface area (Å²) in [5, 5.41) is 2.94. The Morgan fingerprint density at radius 1 is 1.07 bits per heavy atom. The first-order chi connectivity index (χ1) is 14.2. The van der Waals surface area contributed by atoms with Gasteiger partial charge in [-0.05, 0) is 48.4 Å². The lowest BCUT2D eigenvalue weighted by Gasteiger charge is -2.18. The molecule has 2 amide bonds. The number of hydrogen-bond donors (Lipinski definition) is 1. The van der Waals surface area contributed by atoms with Gasteiger partial charge in [0.15, 0.2) is 0 Å². The first-order valence-electron chi connectivity index (χ1n) is 9.40. The number of ether oxygens (including phenoxy) is 1. The van der Waals surface area contributed by atoms with Gasteiger partial charge in [-0.3, -0.25) is 9.59 Å². The Morgan fingerprint density at radius 3 is 2.83 bits per heavy atom. The van der Waals surface area contributed by atoms with Crippen LogP contribution in [0.1, 0.15) is 21.5 Å². The Morgan fingerprint density at radius 2 is 1.97 bits per heavy atom. The van der Waals surface area contributed by atoms with E-state index in [2.05, 4.69) is 5.32 Å². The number of carbonyl (C=O) groups excluding carboxylic acids is 2. The maximum absolute atomic E-state index is 12.7. The molecule has 144 valence electrons. The zero-order valence-corrected chi connectivity index (χ0v) is 15.6. The van der Waals surface area contributed by atoms with Crippen molar-refractivity contribution in [2.45, 2.75) is 6.42 Å². The van der Waals surface area contributed by atoms with E-state index in [-0.39, 0.29) is 18.4 Å². The van der Waals surface area contributed by atoms with E-state index in [0.29, 0.717) is 23.4 Å². The van der Waals surface area contributed by atoms with E-state index in [1.165, 1.54) is 12.5 Å². The van der Waals surface area contributed by atoms with Crippen LogP contribution < -0.4 is 15.0 Å². The third kappa shape index (κ3) is 3.18. The Labute approximate surface area is 167 Å². The number of benzene rings is 2. The highest BCUT2D eigenvalue weighted by Crippen LogP contribution is 2.32. The van der Waals surface area contributed by atoms with E-state index in [9.17, 15) is 9.59 Å². The Kier molecular flexibility index (Phi) is 4.17. The van der Waals surface area contributed by atoms with Gasteiger partial charge in [-0.15, -0.1) is 0 Å². The average molecular weight is 386 g/mol. The van der Waals surface area contributed by atoms with Crippen molar-refractivity contribution in [1.82, 2.24) is 0 Å². The van der Waals surface area contributed by atoms with Crippen LogP contribution in [0.15, 0.2) is 71.0 Å². The summed E-state index contributed by atoms with van der Waals surface area (Å²) in [6.45, 7) is 0.841. The second-order valence-corrected chi connectivity index (χ2v) is 7.01. The highest BCUT2D eigenvalue weighted by Gasteiger charge is 2.26. The third-order valence-corrected chi connectivity index (χ3v) is 5.17. The van der Waals surface area contributed by atoms with Gasteiger partial charge in [-0.25, -0.2) is 0 Å². The molecule has 0 unspecified atom stereocenters. The first-order valence-corrected chi connectivity index (χ1v) is 9.40. The smallest absolute Gasteiger partial charge is 0.261 e. The zero-order chi connectivity index (χ0) is 19.8. The largest absolute Gasteiger partial charge is 0.488 e. The molecule has 3 heterocycles. The third-order valence-electron chi connectivity index (χ3n) is 5.17. The fourth-order valence-corrected chi connectivity index (χ4v) is 3.69. The molecule has 0 spiro atoms. The molecule has 0 radical (unpaired) electrons. The van der Waals surface area contributed by atoms with Crippen molar-refractivity contribution in [2.24, 2.45) is 0 Å². The molecule has 0 fully saturated rings. The number of para-hydroxylation sites is 1. The fourth-order valence-electron chi connectivity index (χ4n) is 3.69. The van der Waals surface area contributed by atoms with Crippen molar-refractivity contribution in [3.05, 3.63) is 83.3 Å². The summed E-state index contributed by atoms with van der Waals surface area (Å²) >= 11 is 0. The molecule has 2 aliphatic heterocycles.